The second-order valence-corrected chi connectivity index (χ2v) is 27.2. The number of aliphatic hydroxyl groups is 1. The lowest BCUT2D eigenvalue weighted by Crippen LogP contribution is -2.44. The van der Waals surface area contributed by atoms with Crippen LogP contribution in [0.1, 0.15) is 246 Å². The number of benzene rings is 1. The molecular formula is C55H107N3O7SSi. The third-order valence-corrected chi connectivity index (χ3v) is 19.2. The summed E-state index contributed by atoms with van der Waals surface area (Å²) in [6, 6.07) is 6.30. The fourth-order valence-electron chi connectivity index (χ4n) is 7.70. The van der Waals surface area contributed by atoms with Crippen molar-refractivity contribution in [3.63, 3.8) is 0 Å². The zero-order valence-corrected chi connectivity index (χ0v) is 46.8. The average molecular weight is 983 g/mol. The second-order valence-electron chi connectivity index (χ2n) is 20.9. The van der Waals surface area contributed by atoms with E-state index in [-0.39, 0.29) is 29.8 Å². The molecule has 10 nitrogen and oxygen atoms in total. The third kappa shape index (κ3) is 39.9. The first kappa shape index (κ1) is 65.5. The summed E-state index contributed by atoms with van der Waals surface area (Å²) >= 11 is 0. The quantitative estimate of drug-likeness (QED) is 0.0171. The van der Waals surface area contributed by atoms with Gasteiger partial charge in [-0.25, -0.2) is 0 Å². The molecule has 0 bridgehead atoms. The van der Waals surface area contributed by atoms with Crippen molar-refractivity contribution in [1.29, 1.82) is 0 Å². The molecule has 0 fully saturated rings. The fourth-order valence-corrected chi connectivity index (χ4v) is 9.78. The molecule has 12 heteroatoms. The van der Waals surface area contributed by atoms with Crippen molar-refractivity contribution in [2.45, 2.75) is 282 Å². The molecule has 1 rings (SSSR count). The number of nitrogens with zero attached hydrogens (tertiary/aromatic N) is 3. The SMILES string of the molecule is CCCCCCCCCCCCCCCCCCOCC(CO)N=[N+]=[N-].CCCCCCCCCCCCCCCCCCOC[C@@H](CO[Si](C)(C)C(C)(C)C)OS(=O)(=O)c1ccc(C)cc1. The first-order valence-electron chi connectivity index (χ1n) is 27.7. The minimum absolute atomic E-state index is 0.0296. The molecule has 0 radical (unpaired) electrons. The van der Waals surface area contributed by atoms with Crippen LogP contribution in [0.15, 0.2) is 34.3 Å². The molecule has 0 saturated carbocycles. The molecular weight excluding hydrogens is 875 g/mol. The van der Waals surface area contributed by atoms with Gasteiger partial charge in [0.1, 0.15) is 6.10 Å². The van der Waals surface area contributed by atoms with Crippen LogP contribution in [0.5, 0.6) is 0 Å². The minimum atomic E-state index is -3.90. The minimum Gasteiger partial charge on any atom is -0.414 e. The number of aryl methyl sites for hydroxylation is 1. The monoisotopic (exact) mass is 982 g/mol. The lowest BCUT2D eigenvalue weighted by Gasteiger charge is -2.37. The fraction of sp³-hybridized carbons (Fsp3) is 0.891. The van der Waals surface area contributed by atoms with Crippen LogP contribution in [-0.2, 0) is 28.2 Å². The average Bonchev–Trinajstić information content (AvgIpc) is 3.29. The van der Waals surface area contributed by atoms with Crippen LogP contribution in [0.25, 0.3) is 10.4 Å². The Morgan fingerprint density at radius 3 is 1.25 bits per heavy atom. The second kappa shape index (κ2) is 44.4. The topological polar surface area (TPSA) is 140 Å². The van der Waals surface area contributed by atoms with Gasteiger partial charge >= 0.3 is 0 Å². The van der Waals surface area contributed by atoms with Gasteiger partial charge in [0.25, 0.3) is 10.1 Å². The first-order valence-corrected chi connectivity index (χ1v) is 32.0. The highest BCUT2D eigenvalue weighted by molar-refractivity contribution is 7.86. The standard InChI is InChI=1S/C34H64O5SSi.C21H43N3O2/c1-8-9-10-11-12-13-14-15-16-17-18-19-20-21-22-23-28-37-29-32(30-38-41(6,7)34(3,4)5)39-40(35,36)33-26-24-31(2)25-27-33;1-2-3-4-5-6-7-8-9-10-11-12-13-14-15-16-17-18-26-20-21(19-25)23-24-22/h24-27,32H,8-23,28-30H2,1-7H3;21,25H,2-20H2,1H3/t32-;/m0./s1. The Morgan fingerprint density at radius 2 is 0.925 bits per heavy atom. The van der Waals surface area contributed by atoms with Gasteiger partial charge in [-0.3, -0.25) is 4.18 Å². The maximum Gasteiger partial charge on any atom is 0.297 e. The number of hydrogen-bond acceptors (Lipinski definition) is 8. The van der Waals surface area contributed by atoms with Crippen LogP contribution in [0, 0.1) is 6.92 Å². The van der Waals surface area contributed by atoms with Crippen molar-refractivity contribution >= 4 is 18.4 Å². The van der Waals surface area contributed by atoms with E-state index in [1.54, 1.807) is 24.3 Å². The van der Waals surface area contributed by atoms with Gasteiger partial charge < -0.3 is 19.0 Å². The molecule has 0 aliphatic rings. The third-order valence-electron chi connectivity index (χ3n) is 13.3. The summed E-state index contributed by atoms with van der Waals surface area (Å²) in [5, 5.41) is 12.4. The maximum absolute atomic E-state index is 12.9. The van der Waals surface area contributed by atoms with Gasteiger partial charge in [-0.2, -0.15) is 8.42 Å². The van der Waals surface area contributed by atoms with Crippen molar-refractivity contribution in [2.75, 3.05) is 39.6 Å². The molecule has 0 spiro atoms. The lowest BCUT2D eigenvalue weighted by atomic mass is 10.0. The van der Waals surface area contributed by atoms with Gasteiger partial charge in [-0.15, -0.1) is 0 Å². The van der Waals surface area contributed by atoms with E-state index in [4.69, 9.17) is 28.7 Å². The van der Waals surface area contributed by atoms with E-state index in [0.29, 0.717) is 19.8 Å². The summed E-state index contributed by atoms with van der Waals surface area (Å²) < 4.78 is 49.2. The summed E-state index contributed by atoms with van der Waals surface area (Å²) in [6.07, 6.45) is 42.5. The van der Waals surface area contributed by atoms with Gasteiger partial charge in [0.2, 0.25) is 0 Å². The van der Waals surface area contributed by atoms with Crippen LogP contribution in [0.4, 0.5) is 0 Å². The number of aliphatic hydroxyl groups excluding tert-OH is 1. The molecule has 2 atom stereocenters. The summed E-state index contributed by atoms with van der Waals surface area (Å²) in [6.45, 7) is 19.2. The Labute approximate surface area is 415 Å². The summed E-state index contributed by atoms with van der Waals surface area (Å²) in [5.74, 6) is 0. The lowest BCUT2D eigenvalue weighted by molar-refractivity contribution is 0.0247. The summed E-state index contributed by atoms with van der Waals surface area (Å²) in [5.41, 5.74) is 9.31. The van der Waals surface area contributed by atoms with E-state index < -0.39 is 30.6 Å². The molecule has 67 heavy (non-hydrogen) atoms. The van der Waals surface area contributed by atoms with E-state index in [1.165, 1.54) is 186 Å². The highest BCUT2D eigenvalue weighted by Crippen LogP contribution is 2.36. The maximum atomic E-state index is 12.9. The molecule has 1 aromatic rings. The van der Waals surface area contributed by atoms with Gasteiger partial charge in [0.15, 0.2) is 8.32 Å². The predicted octanol–water partition coefficient (Wildman–Crippen LogP) is 17.3. The number of hydrogen-bond donors (Lipinski definition) is 1. The highest BCUT2D eigenvalue weighted by Gasteiger charge is 2.38. The van der Waals surface area contributed by atoms with Crippen molar-refractivity contribution < 1.29 is 31.6 Å². The summed E-state index contributed by atoms with van der Waals surface area (Å²) in [7, 11) is -5.95. The number of ether oxygens (including phenoxy) is 2. The molecule has 0 aliphatic heterocycles. The van der Waals surface area contributed by atoms with Gasteiger partial charge in [-0.05, 0) is 55.6 Å². The molecule has 0 amide bonds. The van der Waals surface area contributed by atoms with E-state index in [9.17, 15) is 8.42 Å². The Balaban J connectivity index is 0.00000144. The van der Waals surface area contributed by atoms with Crippen LogP contribution in [-0.4, -0.2) is 73.6 Å². The molecule has 1 N–H and O–H groups in total. The normalized spacial score (nSPS) is 13.0. The van der Waals surface area contributed by atoms with Crippen LogP contribution in [0.3, 0.4) is 0 Å². The zero-order chi connectivity index (χ0) is 49.8. The Morgan fingerprint density at radius 1 is 0.582 bits per heavy atom. The highest BCUT2D eigenvalue weighted by atomic mass is 32.2. The van der Waals surface area contributed by atoms with Gasteiger partial charge in [0, 0.05) is 18.1 Å². The van der Waals surface area contributed by atoms with Crippen LogP contribution in [0.2, 0.25) is 18.1 Å². The largest absolute Gasteiger partial charge is 0.414 e. The Kier molecular flexibility index (Phi) is 43.4. The number of rotatable bonds is 46. The van der Waals surface area contributed by atoms with Crippen molar-refractivity contribution in [3.8, 4) is 0 Å². The van der Waals surface area contributed by atoms with Crippen LogP contribution >= 0.6 is 0 Å². The van der Waals surface area contributed by atoms with E-state index in [2.05, 4.69) is 57.7 Å². The first-order chi connectivity index (χ1) is 32.2. The molecule has 1 unspecified atom stereocenters. The predicted molar refractivity (Wildman–Crippen MR) is 287 cm³/mol. The van der Waals surface area contributed by atoms with Crippen molar-refractivity contribution in [1.82, 2.24) is 0 Å². The number of unbranched alkanes of at least 4 members (excludes halogenated alkanes) is 30. The summed E-state index contributed by atoms with van der Waals surface area (Å²) in [4.78, 5) is 2.85. The zero-order valence-electron chi connectivity index (χ0n) is 45.0. The Hall–Kier alpha value is -1.50. The molecule has 0 heterocycles. The molecule has 0 saturated heterocycles. The van der Waals surface area contributed by atoms with Gasteiger partial charge in [-0.1, -0.05) is 250 Å². The Bertz CT molecular complexity index is 1390. The number of azide groups is 1. The molecule has 394 valence electrons. The van der Waals surface area contributed by atoms with E-state index in [1.807, 2.05) is 6.92 Å². The molecule has 0 aliphatic carbocycles. The molecule has 1 aromatic carbocycles. The molecule has 0 aromatic heterocycles. The smallest absolute Gasteiger partial charge is 0.297 e. The van der Waals surface area contributed by atoms with E-state index >= 15 is 0 Å². The van der Waals surface area contributed by atoms with Gasteiger partial charge in [0.05, 0.1) is 37.4 Å². The van der Waals surface area contributed by atoms with Crippen LogP contribution < -0.4 is 0 Å². The van der Waals surface area contributed by atoms with E-state index in [0.717, 1.165) is 24.8 Å². The van der Waals surface area contributed by atoms with Crippen molar-refractivity contribution in [3.05, 3.63) is 40.3 Å². The van der Waals surface area contributed by atoms with Crippen molar-refractivity contribution in [2.24, 2.45) is 5.11 Å².